The summed E-state index contributed by atoms with van der Waals surface area (Å²) in [7, 11) is 0. The Labute approximate surface area is 142 Å². The van der Waals surface area contributed by atoms with Gasteiger partial charge in [0.15, 0.2) is 0 Å². The number of hydrogen-bond donors (Lipinski definition) is 1. The lowest BCUT2D eigenvalue weighted by Gasteiger charge is -2.29. The second kappa shape index (κ2) is 7.49. The molecule has 0 aliphatic heterocycles. The van der Waals surface area contributed by atoms with Gasteiger partial charge in [-0.25, -0.2) is 0 Å². The summed E-state index contributed by atoms with van der Waals surface area (Å²) < 4.78 is 0. The van der Waals surface area contributed by atoms with E-state index in [2.05, 4.69) is 24.3 Å². The lowest BCUT2D eigenvalue weighted by atomic mass is 9.88. The van der Waals surface area contributed by atoms with Crippen molar-refractivity contribution < 1.29 is 5.11 Å². The molecular weight excluding hydrogens is 300 g/mol. The van der Waals surface area contributed by atoms with Gasteiger partial charge in [-0.1, -0.05) is 91.0 Å². The molecule has 0 saturated carbocycles. The summed E-state index contributed by atoms with van der Waals surface area (Å²) in [4.78, 5) is 0. The molecule has 3 aromatic rings. The molecule has 0 atom stereocenters. The molecule has 3 aromatic carbocycles. The minimum atomic E-state index is -0.970. The van der Waals surface area contributed by atoms with Gasteiger partial charge in [0.05, 0.1) is 0 Å². The Morgan fingerprint density at radius 2 is 1.09 bits per heavy atom. The molecule has 3 rings (SSSR count). The quantitative estimate of drug-likeness (QED) is 0.700. The highest BCUT2D eigenvalue weighted by Crippen LogP contribution is 2.33. The van der Waals surface area contributed by atoms with Gasteiger partial charge >= 0.3 is 0 Å². The summed E-state index contributed by atoms with van der Waals surface area (Å²) in [5, 5.41) is 11.4. The molecule has 0 aromatic heterocycles. The molecule has 0 saturated heterocycles. The van der Waals surface area contributed by atoms with E-state index in [0.29, 0.717) is 5.75 Å². The van der Waals surface area contributed by atoms with Crippen LogP contribution in [0.3, 0.4) is 0 Å². The van der Waals surface area contributed by atoms with E-state index in [1.54, 1.807) is 11.8 Å². The number of aliphatic hydroxyl groups is 1. The Balaban J connectivity index is 1.82. The van der Waals surface area contributed by atoms with Crippen LogP contribution in [0, 0.1) is 0 Å². The average molecular weight is 320 g/mol. The molecule has 2 heteroatoms. The summed E-state index contributed by atoms with van der Waals surface area (Å²) in [6.07, 6.45) is 0. The highest BCUT2D eigenvalue weighted by molar-refractivity contribution is 7.98. The zero-order chi connectivity index (χ0) is 16.0. The van der Waals surface area contributed by atoms with Crippen LogP contribution in [0.15, 0.2) is 91.0 Å². The molecule has 0 radical (unpaired) electrons. The third-order valence-corrected chi connectivity index (χ3v) is 5.08. The van der Waals surface area contributed by atoms with Crippen molar-refractivity contribution in [3.05, 3.63) is 108 Å². The maximum atomic E-state index is 11.4. The van der Waals surface area contributed by atoms with Crippen molar-refractivity contribution in [2.45, 2.75) is 11.4 Å². The largest absolute Gasteiger partial charge is 0.380 e. The van der Waals surface area contributed by atoms with Crippen LogP contribution in [0.25, 0.3) is 0 Å². The first-order valence-electron chi connectivity index (χ1n) is 7.74. The second-order valence-corrected chi connectivity index (χ2v) is 6.56. The summed E-state index contributed by atoms with van der Waals surface area (Å²) in [6.45, 7) is 0. The molecule has 0 amide bonds. The van der Waals surface area contributed by atoms with Crippen molar-refractivity contribution in [2.75, 3.05) is 5.75 Å². The van der Waals surface area contributed by atoms with Gasteiger partial charge in [0, 0.05) is 11.5 Å². The molecule has 0 unspecified atom stereocenters. The second-order valence-electron chi connectivity index (χ2n) is 5.57. The Morgan fingerprint density at radius 1 is 0.652 bits per heavy atom. The van der Waals surface area contributed by atoms with E-state index >= 15 is 0 Å². The third-order valence-electron chi connectivity index (χ3n) is 3.93. The smallest absolute Gasteiger partial charge is 0.124 e. The highest BCUT2D eigenvalue weighted by Gasteiger charge is 2.31. The Morgan fingerprint density at radius 3 is 1.57 bits per heavy atom. The van der Waals surface area contributed by atoms with Gasteiger partial charge in [0.1, 0.15) is 5.60 Å². The van der Waals surface area contributed by atoms with Crippen molar-refractivity contribution in [1.82, 2.24) is 0 Å². The topological polar surface area (TPSA) is 20.2 Å². The first-order valence-corrected chi connectivity index (χ1v) is 8.89. The van der Waals surface area contributed by atoms with E-state index in [1.807, 2.05) is 66.7 Å². The van der Waals surface area contributed by atoms with Crippen LogP contribution in [-0.4, -0.2) is 10.9 Å². The van der Waals surface area contributed by atoms with Crippen LogP contribution in [0.4, 0.5) is 0 Å². The van der Waals surface area contributed by atoms with Crippen molar-refractivity contribution in [2.24, 2.45) is 0 Å². The summed E-state index contributed by atoms with van der Waals surface area (Å²) in [6, 6.07) is 30.2. The SMILES string of the molecule is OC(CSCc1ccccc1)(c1ccccc1)c1ccccc1. The molecule has 116 valence electrons. The molecule has 0 aliphatic carbocycles. The lowest BCUT2D eigenvalue weighted by Crippen LogP contribution is -2.30. The van der Waals surface area contributed by atoms with Gasteiger partial charge in [-0.05, 0) is 16.7 Å². The van der Waals surface area contributed by atoms with E-state index in [9.17, 15) is 5.11 Å². The van der Waals surface area contributed by atoms with Crippen molar-refractivity contribution >= 4 is 11.8 Å². The summed E-state index contributed by atoms with van der Waals surface area (Å²) in [5.41, 5.74) is 2.18. The van der Waals surface area contributed by atoms with Crippen molar-refractivity contribution in [3.63, 3.8) is 0 Å². The van der Waals surface area contributed by atoms with Gasteiger partial charge in [0.25, 0.3) is 0 Å². The van der Waals surface area contributed by atoms with E-state index in [-0.39, 0.29) is 0 Å². The Bertz CT molecular complexity index is 671. The molecule has 23 heavy (non-hydrogen) atoms. The average Bonchev–Trinajstić information content (AvgIpc) is 2.64. The molecule has 0 spiro atoms. The monoisotopic (exact) mass is 320 g/mol. The minimum absolute atomic E-state index is 0.621. The van der Waals surface area contributed by atoms with E-state index < -0.39 is 5.60 Å². The Hall–Kier alpha value is -2.03. The maximum absolute atomic E-state index is 11.4. The van der Waals surface area contributed by atoms with Gasteiger partial charge in [-0.15, -0.1) is 0 Å². The Kier molecular flexibility index (Phi) is 5.16. The molecular formula is C21H20OS. The number of thioether (sulfide) groups is 1. The minimum Gasteiger partial charge on any atom is -0.380 e. The van der Waals surface area contributed by atoms with Crippen LogP contribution >= 0.6 is 11.8 Å². The fourth-order valence-corrected chi connectivity index (χ4v) is 3.81. The lowest BCUT2D eigenvalue weighted by molar-refractivity contribution is 0.107. The molecule has 0 heterocycles. The van der Waals surface area contributed by atoms with Crippen LogP contribution < -0.4 is 0 Å². The van der Waals surface area contributed by atoms with Crippen molar-refractivity contribution in [1.29, 1.82) is 0 Å². The zero-order valence-electron chi connectivity index (χ0n) is 12.9. The number of benzene rings is 3. The standard InChI is InChI=1S/C21H20OS/c22-21(19-12-6-2-7-13-19,20-14-8-3-9-15-20)17-23-16-18-10-4-1-5-11-18/h1-15,22H,16-17H2. The van der Waals surface area contributed by atoms with Gasteiger partial charge in [-0.3, -0.25) is 0 Å². The summed E-state index contributed by atoms with van der Waals surface area (Å²) in [5.74, 6) is 1.51. The molecule has 1 N–H and O–H groups in total. The predicted molar refractivity (Wildman–Crippen MR) is 98.5 cm³/mol. The van der Waals surface area contributed by atoms with E-state index in [4.69, 9.17) is 0 Å². The fourth-order valence-electron chi connectivity index (χ4n) is 2.65. The van der Waals surface area contributed by atoms with Crippen LogP contribution in [0.5, 0.6) is 0 Å². The van der Waals surface area contributed by atoms with Gasteiger partial charge in [-0.2, -0.15) is 11.8 Å². The van der Waals surface area contributed by atoms with Crippen molar-refractivity contribution in [3.8, 4) is 0 Å². The molecule has 0 fully saturated rings. The number of rotatable bonds is 6. The van der Waals surface area contributed by atoms with Gasteiger partial charge in [0.2, 0.25) is 0 Å². The molecule has 0 bridgehead atoms. The predicted octanol–water partition coefficient (Wildman–Crippen LogP) is 4.86. The fraction of sp³-hybridized carbons (Fsp3) is 0.143. The van der Waals surface area contributed by atoms with E-state index in [1.165, 1.54) is 5.56 Å². The maximum Gasteiger partial charge on any atom is 0.124 e. The molecule has 1 nitrogen and oxygen atoms in total. The number of hydrogen-bond acceptors (Lipinski definition) is 2. The third kappa shape index (κ3) is 3.84. The first-order chi connectivity index (χ1) is 11.3. The molecule has 0 aliphatic rings. The summed E-state index contributed by atoms with van der Waals surface area (Å²) >= 11 is 1.75. The zero-order valence-corrected chi connectivity index (χ0v) is 13.7. The normalized spacial score (nSPS) is 11.3. The van der Waals surface area contributed by atoms with Crippen LogP contribution in [-0.2, 0) is 11.4 Å². The highest BCUT2D eigenvalue weighted by atomic mass is 32.2. The van der Waals surface area contributed by atoms with E-state index in [0.717, 1.165) is 16.9 Å². The van der Waals surface area contributed by atoms with Crippen LogP contribution in [0.2, 0.25) is 0 Å². The van der Waals surface area contributed by atoms with Crippen LogP contribution in [0.1, 0.15) is 16.7 Å². The van der Waals surface area contributed by atoms with Gasteiger partial charge < -0.3 is 5.11 Å². The first kappa shape index (κ1) is 15.9.